The molecule has 2 heterocycles. The van der Waals surface area contributed by atoms with E-state index >= 15 is 0 Å². The summed E-state index contributed by atoms with van der Waals surface area (Å²) in [4.78, 5) is 18.4. The third-order valence-corrected chi connectivity index (χ3v) is 5.66. The van der Waals surface area contributed by atoms with Gasteiger partial charge in [-0.15, -0.1) is 0 Å². The molecule has 2 saturated carbocycles. The highest BCUT2D eigenvalue weighted by molar-refractivity contribution is 5.80. The molecule has 0 amide bonds. The minimum Gasteiger partial charge on any atom is -0.357 e. The number of anilines is 1. The maximum Gasteiger partial charge on any atom is 0.225 e. The Hall–Kier alpha value is -1.85. The van der Waals surface area contributed by atoms with E-state index in [1.807, 2.05) is 18.5 Å². The highest BCUT2D eigenvalue weighted by Gasteiger charge is 2.41. The molecule has 136 valence electrons. The normalized spacial score (nSPS) is 21.8. The molecule has 0 spiro atoms. The topological polar surface area (TPSA) is 56.7 Å². The van der Waals surface area contributed by atoms with Gasteiger partial charge in [-0.05, 0) is 56.4 Å². The molecule has 0 radical (unpaired) electrons. The van der Waals surface area contributed by atoms with Gasteiger partial charge >= 0.3 is 0 Å². The second-order valence-corrected chi connectivity index (χ2v) is 7.56. The molecule has 6 heteroatoms. The number of rotatable bonds is 6. The van der Waals surface area contributed by atoms with Crippen molar-refractivity contribution in [1.29, 1.82) is 0 Å². The highest BCUT2D eigenvalue weighted by Crippen LogP contribution is 2.49. The van der Waals surface area contributed by atoms with E-state index in [1.165, 1.54) is 25.7 Å². The molecule has 0 unspecified atom stereocenters. The van der Waals surface area contributed by atoms with E-state index in [1.54, 1.807) is 0 Å². The number of hydrogen-bond donors (Lipinski definition) is 1. The predicted molar refractivity (Wildman–Crippen MR) is 101 cm³/mol. The van der Waals surface area contributed by atoms with Crippen LogP contribution in [0.2, 0.25) is 0 Å². The summed E-state index contributed by atoms with van der Waals surface area (Å²) in [6.07, 6.45) is 9.37. The molecular weight excluding hydrogens is 312 g/mol. The minimum absolute atomic E-state index is 0.839. The lowest BCUT2D eigenvalue weighted by Gasteiger charge is -2.36. The van der Waals surface area contributed by atoms with Crippen LogP contribution in [-0.4, -0.2) is 60.1 Å². The average molecular weight is 342 g/mol. The van der Waals surface area contributed by atoms with Crippen LogP contribution in [0.1, 0.15) is 32.6 Å². The molecule has 25 heavy (non-hydrogen) atoms. The zero-order chi connectivity index (χ0) is 17.1. The van der Waals surface area contributed by atoms with Crippen LogP contribution < -0.4 is 10.2 Å². The molecule has 0 bridgehead atoms. The Morgan fingerprint density at radius 2 is 1.76 bits per heavy atom. The molecule has 1 N–H and O–H groups in total. The monoisotopic (exact) mass is 342 g/mol. The third-order valence-electron chi connectivity index (χ3n) is 5.66. The van der Waals surface area contributed by atoms with Crippen molar-refractivity contribution in [3.05, 3.63) is 18.5 Å². The molecule has 1 aromatic rings. The SMILES string of the molecule is CCNC(=NCC(C1CC1)C1CC1)N1CCN(c2ncccn2)CC1. The summed E-state index contributed by atoms with van der Waals surface area (Å²) in [5.41, 5.74) is 0. The molecule has 3 fully saturated rings. The fourth-order valence-corrected chi connectivity index (χ4v) is 3.92. The maximum atomic E-state index is 5.04. The van der Waals surface area contributed by atoms with Gasteiger partial charge in [0.05, 0.1) is 0 Å². The van der Waals surface area contributed by atoms with E-state index in [0.29, 0.717) is 0 Å². The summed E-state index contributed by atoms with van der Waals surface area (Å²) in [7, 11) is 0. The number of nitrogens with zero attached hydrogens (tertiary/aromatic N) is 5. The lowest BCUT2D eigenvalue weighted by atomic mass is 9.98. The van der Waals surface area contributed by atoms with Crippen molar-refractivity contribution in [3.63, 3.8) is 0 Å². The zero-order valence-electron chi connectivity index (χ0n) is 15.3. The quantitative estimate of drug-likeness (QED) is 0.633. The first-order valence-electron chi connectivity index (χ1n) is 9.90. The first-order valence-corrected chi connectivity index (χ1v) is 9.90. The van der Waals surface area contributed by atoms with Crippen LogP contribution in [0.3, 0.4) is 0 Å². The van der Waals surface area contributed by atoms with Gasteiger partial charge < -0.3 is 15.1 Å². The molecule has 3 aliphatic rings. The summed E-state index contributed by atoms with van der Waals surface area (Å²) < 4.78 is 0. The summed E-state index contributed by atoms with van der Waals surface area (Å²) in [6.45, 7) is 7.94. The maximum absolute atomic E-state index is 5.04. The number of piperazine rings is 1. The van der Waals surface area contributed by atoms with Crippen LogP contribution in [0.25, 0.3) is 0 Å². The average Bonchev–Trinajstić information content (AvgIpc) is 3.56. The molecule has 1 saturated heterocycles. The van der Waals surface area contributed by atoms with Crippen molar-refractivity contribution >= 4 is 11.9 Å². The fourth-order valence-electron chi connectivity index (χ4n) is 3.92. The second-order valence-electron chi connectivity index (χ2n) is 7.56. The zero-order valence-corrected chi connectivity index (χ0v) is 15.3. The number of hydrogen-bond acceptors (Lipinski definition) is 4. The number of nitrogens with one attached hydrogen (secondary N) is 1. The first kappa shape index (κ1) is 16.6. The van der Waals surface area contributed by atoms with Crippen molar-refractivity contribution < 1.29 is 0 Å². The van der Waals surface area contributed by atoms with Gasteiger partial charge in [-0.25, -0.2) is 9.97 Å². The van der Waals surface area contributed by atoms with E-state index in [-0.39, 0.29) is 0 Å². The van der Waals surface area contributed by atoms with Crippen molar-refractivity contribution in [2.75, 3.05) is 44.2 Å². The van der Waals surface area contributed by atoms with E-state index in [9.17, 15) is 0 Å². The van der Waals surface area contributed by atoms with Crippen LogP contribution in [0, 0.1) is 17.8 Å². The van der Waals surface area contributed by atoms with Crippen LogP contribution in [0.15, 0.2) is 23.5 Å². The Labute approximate surface area is 150 Å². The van der Waals surface area contributed by atoms with Crippen molar-refractivity contribution in [2.24, 2.45) is 22.7 Å². The van der Waals surface area contributed by atoms with Gasteiger partial charge in [-0.3, -0.25) is 4.99 Å². The smallest absolute Gasteiger partial charge is 0.225 e. The molecule has 0 atom stereocenters. The minimum atomic E-state index is 0.839. The van der Waals surface area contributed by atoms with Crippen LogP contribution in [-0.2, 0) is 0 Å². The lowest BCUT2D eigenvalue weighted by molar-refractivity contribution is 0.363. The van der Waals surface area contributed by atoms with Crippen LogP contribution in [0.5, 0.6) is 0 Å². The molecule has 4 rings (SSSR count). The standard InChI is InChI=1S/C19H30N6/c1-2-20-18(23-14-17(15-4-5-15)16-6-7-16)24-10-12-25(13-11-24)19-21-8-3-9-22-19/h3,8-9,15-17H,2,4-7,10-14H2,1H3,(H,20,23). The Morgan fingerprint density at radius 1 is 1.12 bits per heavy atom. The molecular formula is C19H30N6. The van der Waals surface area contributed by atoms with Crippen molar-refractivity contribution in [1.82, 2.24) is 20.2 Å². The fraction of sp³-hybridized carbons (Fsp3) is 0.737. The molecule has 2 aliphatic carbocycles. The summed E-state index contributed by atoms with van der Waals surface area (Å²) >= 11 is 0. The number of guanidine groups is 1. The Morgan fingerprint density at radius 3 is 2.32 bits per heavy atom. The predicted octanol–water partition coefficient (Wildman–Crippen LogP) is 2.00. The molecule has 0 aromatic carbocycles. The van der Waals surface area contributed by atoms with Crippen molar-refractivity contribution in [3.8, 4) is 0 Å². The van der Waals surface area contributed by atoms with Gasteiger partial charge in [0, 0.05) is 51.7 Å². The third kappa shape index (κ3) is 4.22. The van der Waals surface area contributed by atoms with Gasteiger partial charge in [-0.1, -0.05) is 0 Å². The summed E-state index contributed by atoms with van der Waals surface area (Å²) in [5.74, 6) is 4.71. The van der Waals surface area contributed by atoms with E-state index in [2.05, 4.69) is 32.0 Å². The Balaban J connectivity index is 1.35. The Bertz CT molecular complexity index is 561. The molecule has 1 aliphatic heterocycles. The second kappa shape index (κ2) is 7.58. The number of aliphatic imine (C=N–C) groups is 1. The van der Waals surface area contributed by atoms with Gasteiger partial charge in [0.15, 0.2) is 5.96 Å². The van der Waals surface area contributed by atoms with E-state index < -0.39 is 0 Å². The number of aromatic nitrogens is 2. The van der Waals surface area contributed by atoms with Crippen LogP contribution in [0.4, 0.5) is 5.95 Å². The molecule has 1 aromatic heterocycles. The molecule has 6 nitrogen and oxygen atoms in total. The summed E-state index contributed by atoms with van der Waals surface area (Å²) in [6, 6.07) is 1.87. The van der Waals surface area contributed by atoms with Gasteiger partial charge in [0.2, 0.25) is 5.95 Å². The Kier molecular flexibility index (Phi) is 5.04. The highest BCUT2D eigenvalue weighted by atomic mass is 15.4. The van der Waals surface area contributed by atoms with Crippen molar-refractivity contribution in [2.45, 2.75) is 32.6 Å². The first-order chi connectivity index (χ1) is 12.3. The van der Waals surface area contributed by atoms with Gasteiger partial charge in [0.25, 0.3) is 0 Å². The largest absolute Gasteiger partial charge is 0.357 e. The van der Waals surface area contributed by atoms with Gasteiger partial charge in [0.1, 0.15) is 0 Å². The van der Waals surface area contributed by atoms with E-state index in [4.69, 9.17) is 4.99 Å². The lowest BCUT2D eigenvalue weighted by Crippen LogP contribution is -2.53. The van der Waals surface area contributed by atoms with Gasteiger partial charge in [-0.2, -0.15) is 0 Å². The summed E-state index contributed by atoms with van der Waals surface area (Å²) in [5, 5.41) is 3.51. The van der Waals surface area contributed by atoms with Crippen LogP contribution >= 0.6 is 0 Å². The van der Waals surface area contributed by atoms with E-state index in [0.717, 1.165) is 68.9 Å².